The molecule has 0 aromatic heterocycles. The minimum Gasteiger partial charge on any atom is -0.0651 e. The molecular weight excluding hydrogens is 156 g/mol. The minimum atomic E-state index is 1.02. The molecule has 0 radical (unpaired) electrons. The highest BCUT2D eigenvalue weighted by atomic mass is 14.5. The van der Waals surface area contributed by atoms with E-state index in [2.05, 4.69) is 27.7 Å². The van der Waals surface area contributed by atoms with E-state index >= 15 is 0 Å². The highest BCUT2D eigenvalue weighted by Gasteiger charge is 2.47. The van der Waals surface area contributed by atoms with Crippen molar-refractivity contribution in [2.75, 3.05) is 0 Å². The summed E-state index contributed by atoms with van der Waals surface area (Å²) >= 11 is 0. The van der Waals surface area contributed by atoms with Gasteiger partial charge in [-0.1, -0.05) is 34.1 Å². The average molecular weight is 180 g/mol. The maximum atomic E-state index is 2.51. The summed E-state index contributed by atoms with van der Waals surface area (Å²) in [7, 11) is 0. The Morgan fingerprint density at radius 3 is 2.00 bits per heavy atom. The van der Waals surface area contributed by atoms with Crippen LogP contribution in [0.5, 0.6) is 0 Å². The van der Waals surface area contributed by atoms with Gasteiger partial charge < -0.3 is 0 Å². The van der Waals surface area contributed by atoms with Crippen molar-refractivity contribution in [3.05, 3.63) is 0 Å². The Morgan fingerprint density at radius 2 is 1.62 bits per heavy atom. The molecule has 0 aromatic rings. The van der Waals surface area contributed by atoms with E-state index < -0.39 is 0 Å². The molecule has 0 aliphatic heterocycles. The summed E-state index contributed by atoms with van der Waals surface area (Å²) in [5, 5.41) is 0. The summed E-state index contributed by atoms with van der Waals surface area (Å²) in [4.78, 5) is 0. The van der Waals surface area contributed by atoms with Gasteiger partial charge in [0, 0.05) is 0 Å². The van der Waals surface area contributed by atoms with Gasteiger partial charge >= 0.3 is 0 Å². The molecule has 2 aliphatic carbocycles. The highest BCUT2D eigenvalue weighted by molar-refractivity contribution is 4.96. The third-order valence-corrected chi connectivity index (χ3v) is 4.92. The van der Waals surface area contributed by atoms with Gasteiger partial charge in [-0.15, -0.1) is 0 Å². The highest BCUT2D eigenvalue weighted by Crippen LogP contribution is 2.55. The van der Waals surface area contributed by atoms with Gasteiger partial charge in [0.1, 0.15) is 0 Å². The van der Waals surface area contributed by atoms with Crippen molar-refractivity contribution in [1.29, 1.82) is 0 Å². The second-order valence-electron chi connectivity index (χ2n) is 5.68. The van der Waals surface area contributed by atoms with Crippen LogP contribution < -0.4 is 0 Å². The summed E-state index contributed by atoms with van der Waals surface area (Å²) in [5.74, 6) is 6.32. The van der Waals surface area contributed by atoms with Crippen molar-refractivity contribution in [3.8, 4) is 0 Å². The van der Waals surface area contributed by atoms with E-state index in [1.807, 2.05) is 0 Å². The molecule has 0 N–H and O–H groups in total. The van der Waals surface area contributed by atoms with Crippen LogP contribution in [0.2, 0.25) is 0 Å². The lowest BCUT2D eigenvalue weighted by Gasteiger charge is -2.46. The van der Waals surface area contributed by atoms with Gasteiger partial charge in [-0.05, 0) is 48.3 Å². The first kappa shape index (κ1) is 9.55. The van der Waals surface area contributed by atoms with Crippen LogP contribution in [-0.4, -0.2) is 0 Å². The van der Waals surface area contributed by atoms with Crippen LogP contribution in [0.1, 0.15) is 47.0 Å². The normalized spacial score (nSPS) is 51.2. The van der Waals surface area contributed by atoms with Crippen molar-refractivity contribution in [2.24, 2.45) is 35.5 Å². The third kappa shape index (κ3) is 1.53. The van der Waals surface area contributed by atoms with E-state index in [4.69, 9.17) is 0 Å². The summed E-state index contributed by atoms with van der Waals surface area (Å²) in [6, 6.07) is 0. The molecule has 76 valence electrons. The molecule has 0 spiro atoms. The van der Waals surface area contributed by atoms with Crippen LogP contribution in [0.4, 0.5) is 0 Å². The Labute approximate surface area is 83.1 Å². The van der Waals surface area contributed by atoms with Crippen LogP contribution in [0.3, 0.4) is 0 Å². The van der Waals surface area contributed by atoms with E-state index in [9.17, 15) is 0 Å². The average Bonchev–Trinajstić information content (AvgIpc) is 2.78. The van der Waals surface area contributed by atoms with E-state index in [1.165, 1.54) is 19.3 Å². The summed E-state index contributed by atoms with van der Waals surface area (Å²) < 4.78 is 0. The molecule has 2 aliphatic rings. The van der Waals surface area contributed by atoms with Crippen LogP contribution in [0.25, 0.3) is 0 Å². The van der Waals surface area contributed by atoms with Crippen molar-refractivity contribution >= 4 is 0 Å². The molecule has 0 bridgehead atoms. The molecule has 0 aromatic carbocycles. The summed E-state index contributed by atoms with van der Waals surface area (Å²) in [6.45, 7) is 9.74. The maximum absolute atomic E-state index is 2.51. The zero-order chi connectivity index (χ0) is 9.59. The van der Waals surface area contributed by atoms with Crippen molar-refractivity contribution in [3.63, 3.8) is 0 Å². The van der Waals surface area contributed by atoms with Gasteiger partial charge in [0.25, 0.3) is 0 Å². The molecule has 6 unspecified atom stereocenters. The molecule has 2 fully saturated rings. The lowest BCUT2D eigenvalue weighted by molar-refractivity contribution is 0.0276. The summed E-state index contributed by atoms with van der Waals surface area (Å²) in [5.41, 5.74) is 0. The second-order valence-corrected chi connectivity index (χ2v) is 5.68. The van der Waals surface area contributed by atoms with Crippen molar-refractivity contribution in [1.82, 2.24) is 0 Å². The quantitative estimate of drug-likeness (QED) is 0.616. The molecule has 0 saturated heterocycles. The molecular formula is C13H24. The topological polar surface area (TPSA) is 0 Å². The lowest BCUT2D eigenvalue weighted by Crippen LogP contribution is -2.39. The predicted octanol–water partition coefficient (Wildman–Crippen LogP) is 3.96. The van der Waals surface area contributed by atoms with Gasteiger partial charge in [0.2, 0.25) is 0 Å². The van der Waals surface area contributed by atoms with Crippen LogP contribution in [-0.2, 0) is 0 Å². The molecule has 13 heavy (non-hydrogen) atoms. The SMILES string of the molecule is CCC1C(C)CC1C(C)C1CC1C. The maximum Gasteiger partial charge on any atom is -0.0352 e. The Balaban J connectivity index is 1.87. The van der Waals surface area contributed by atoms with Crippen molar-refractivity contribution in [2.45, 2.75) is 47.0 Å². The Morgan fingerprint density at radius 1 is 1.08 bits per heavy atom. The van der Waals surface area contributed by atoms with Gasteiger partial charge in [-0.3, -0.25) is 0 Å². The third-order valence-electron chi connectivity index (χ3n) is 4.92. The number of hydrogen-bond acceptors (Lipinski definition) is 0. The molecule has 0 amide bonds. The van der Waals surface area contributed by atoms with E-state index in [0.29, 0.717) is 0 Å². The van der Waals surface area contributed by atoms with E-state index in [0.717, 1.165) is 35.5 Å². The molecule has 2 rings (SSSR count). The van der Waals surface area contributed by atoms with Crippen LogP contribution in [0.15, 0.2) is 0 Å². The fourth-order valence-electron chi connectivity index (χ4n) is 3.72. The smallest absolute Gasteiger partial charge is 0.0352 e. The fraction of sp³-hybridized carbons (Fsp3) is 1.00. The molecule has 0 heteroatoms. The van der Waals surface area contributed by atoms with Crippen molar-refractivity contribution < 1.29 is 0 Å². The van der Waals surface area contributed by atoms with Crippen LogP contribution >= 0.6 is 0 Å². The monoisotopic (exact) mass is 180 g/mol. The molecule has 0 nitrogen and oxygen atoms in total. The Kier molecular flexibility index (Phi) is 2.42. The first-order chi connectivity index (χ1) is 6.15. The Bertz CT molecular complexity index is 184. The lowest BCUT2D eigenvalue weighted by atomic mass is 9.59. The van der Waals surface area contributed by atoms with E-state index in [-0.39, 0.29) is 0 Å². The van der Waals surface area contributed by atoms with Gasteiger partial charge in [0.15, 0.2) is 0 Å². The van der Waals surface area contributed by atoms with Gasteiger partial charge in [-0.2, -0.15) is 0 Å². The standard InChI is InChI=1S/C13H24/c1-5-11-8(2)7-13(11)10(4)12-6-9(12)3/h8-13H,5-7H2,1-4H3. The summed E-state index contributed by atoms with van der Waals surface area (Å²) in [6.07, 6.45) is 4.45. The first-order valence-electron chi connectivity index (χ1n) is 6.15. The van der Waals surface area contributed by atoms with Gasteiger partial charge in [0.05, 0.1) is 0 Å². The van der Waals surface area contributed by atoms with Crippen LogP contribution in [0, 0.1) is 35.5 Å². The minimum absolute atomic E-state index is 1.02. The fourth-order valence-corrected chi connectivity index (χ4v) is 3.72. The molecule has 2 saturated carbocycles. The Hall–Kier alpha value is 0. The predicted molar refractivity (Wildman–Crippen MR) is 57.5 cm³/mol. The largest absolute Gasteiger partial charge is 0.0651 e. The van der Waals surface area contributed by atoms with Gasteiger partial charge in [-0.25, -0.2) is 0 Å². The van der Waals surface area contributed by atoms with E-state index in [1.54, 1.807) is 0 Å². The number of hydrogen-bond donors (Lipinski definition) is 0. The zero-order valence-corrected chi connectivity index (χ0v) is 9.59. The first-order valence-corrected chi connectivity index (χ1v) is 6.15. The molecule has 0 heterocycles. The zero-order valence-electron chi connectivity index (χ0n) is 9.59. The second kappa shape index (κ2) is 3.29. The molecule has 6 atom stereocenters. The number of rotatable bonds is 3.